The van der Waals surface area contributed by atoms with Gasteiger partial charge in [0.15, 0.2) is 0 Å². The van der Waals surface area contributed by atoms with Gasteiger partial charge in [-0.2, -0.15) is 5.10 Å². The van der Waals surface area contributed by atoms with Crippen molar-refractivity contribution in [3.05, 3.63) is 16.3 Å². The van der Waals surface area contributed by atoms with E-state index in [1.165, 1.54) is 0 Å². The molecule has 8 heteroatoms. The van der Waals surface area contributed by atoms with Crippen molar-refractivity contribution in [3.8, 4) is 0 Å². The van der Waals surface area contributed by atoms with Gasteiger partial charge in [0.2, 0.25) is 5.82 Å². The summed E-state index contributed by atoms with van der Waals surface area (Å²) in [6, 6.07) is 0. The normalized spacial score (nSPS) is 10.6. The summed E-state index contributed by atoms with van der Waals surface area (Å²) in [5.74, 6) is -0.0648. The molecule has 58 valence electrons. The van der Waals surface area contributed by atoms with E-state index >= 15 is 0 Å². The van der Waals surface area contributed by atoms with Gasteiger partial charge in [-0.05, 0) is 0 Å². The van der Waals surface area contributed by atoms with Crippen molar-refractivity contribution in [1.29, 1.82) is 0 Å². The molecule has 0 fully saturated rings. The van der Waals surface area contributed by atoms with Crippen molar-refractivity contribution in [2.75, 3.05) is 0 Å². The van der Waals surface area contributed by atoms with Gasteiger partial charge in [0.05, 0.1) is 16.7 Å². The maximum absolute atomic E-state index is 10.2. The summed E-state index contributed by atoms with van der Waals surface area (Å²) in [6.07, 6.45) is 1.03. The topological polar surface area (TPSA) is 96.5 Å². The van der Waals surface area contributed by atoms with Gasteiger partial charge in [0.1, 0.15) is 6.20 Å². The maximum Gasteiger partial charge on any atom is 0.334 e. The molecular weight excluding hydrogens is 174 g/mol. The number of hydrogen-bond donors (Lipinski definition) is 1. The van der Waals surface area contributed by atoms with Gasteiger partial charge in [0, 0.05) is 0 Å². The lowest BCUT2D eigenvalue weighted by atomic mass is 10.5. The molecule has 0 amide bonds. The van der Waals surface area contributed by atoms with E-state index in [2.05, 4.69) is 19.9 Å². The van der Waals surface area contributed by atoms with E-state index in [1.807, 2.05) is 0 Å². The molecule has 1 N–H and O–H groups in total. The highest BCUT2D eigenvalue weighted by Crippen LogP contribution is 2.23. The minimum atomic E-state index is -0.635. The first-order valence-electron chi connectivity index (χ1n) is 2.45. The van der Waals surface area contributed by atoms with Crippen molar-refractivity contribution in [3.63, 3.8) is 0 Å². The first-order chi connectivity index (χ1) is 5.25. The highest BCUT2D eigenvalue weighted by Gasteiger charge is 2.14. The zero-order valence-corrected chi connectivity index (χ0v) is 5.82. The number of hydrogen-bond acceptors (Lipinski definition) is 5. The molecular formula is C3H2ClN5O2. The van der Waals surface area contributed by atoms with Crippen LogP contribution in [0.1, 0.15) is 0 Å². The Labute approximate surface area is 65.3 Å². The summed E-state index contributed by atoms with van der Waals surface area (Å²) in [4.78, 5) is 9.52. The molecule has 0 aliphatic heterocycles. The van der Waals surface area contributed by atoms with Crippen molar-refractivity contribution in [2.24, 2.45) is 9.75 Å². The van der Waals surface area contributed by atoms with Crippen LogP contribution < -0.4 is 0 Å². The zero-order valence-electron chi connectivity index (χ0n) is 5.06. The molecule has 0 radical (unpaired) electrons. The van der Waals surface area contributed by atoms with E-state index in [9.17, 15) is 10.1 Å². The highest BCUT2D eigenvalue weighted by molar-refractivity contribution is 6.14. The predicted molar refractivity (Wildman–Crippen MR) is 35.6 cm³/mol. The van der Waals surface area contributed by atoms with Crippen LogP contribution in [0.3, 0.4) is 0 Å². The second-order valence-electron chi connectivity index (χ2n) is 1.54. The first kappa shape index (κ1) is 7.61. The number of nitrogens with one attached hydrogen (secondary N) is 1. The van der Waals surface area contributed by atoms with Crippen LogP contribution in [-0.2, 0) is 0 Å². The molecule has 7 nitrogen and oxygen atoms in total. The molecule has 0 saturated carbocycles. The second kappa shape index (κ2) is 3.06. The maximum atomic E-state index is 10.2. The number of aromatic nitrogens is 2. The lowest BCUT2D eigenvalue weighted by Gasteiger charge is -1.83. The van der Waals surface area contributed by atoms with Crippen LogP contribution >= 0.6 is 11.8 Å². The Morgan fingerprint density at radius 1 is 1.82 bits per heavy atom. The van der Waals surface area contributed by atoms with Gasteiger partial charge in [-0.25, -0.2) is 0 Å². The number of nitrogens with zero attached hydrogens (tertiary/aromatic N) is 4. The van der Waals surface area contributed by atoms with Crippen LogP contribution in [0.15, 0.2) is 15.9 Å². The molecule has 11 heavy (non-hydrogen) atoms. The van der Waals surface area contributed by atoms with Crippen LogP contribution in [-0.4, -0.2) is 15.1 Å². The van der Waals surface area contributed by atoms with Gasteiger partial charge in [0.25, 0.3) is 0 Å². The third-order valence-corrected chi connectivity index (χ3v) is 1.01. The van der Waals surface area contributed by atoms with E-state index in [4.69, 9.17) is 11.8 Å². The van der Waals surface area contributed by atoms with Gasteiger partial charge in [-0.3, -0.25) is 15.2 Å². The van der Waals surface area contributed by atoms with E-state index in [0.29, 0.717) is 0 Å². The van der Waals surface area contributed by atoms with Crippen LogP contribution in [0.2, 0.25) is 0 Å². The van der Waals surface area contributed by atoms with E-state index in [1.54, 1.807) is 0 Å². The standard InChI is InChI=1S/C3H2ClN5O2/c4-8-7-3-2(9(10)11)1-5-6-3/h1H,(H,5,6). The molecule has 0 bridgehead atoms. The van der Waals surface area contributed by atoms with Crippen molar-refractivity contribution in [1.82, 2.24) is 10.2 Å². The van der Waals surface area contributed by atoms with Gasteiger partial charge in [-0.1, -0.05) is 4.63 Å². The minimum Gasteiger partial charge on any atom is -0.258 e. The summed E-state index contributed by atoms with van der Waals surface area (Å²) in [7, 11) is 0. The molecule has 1 aromatic heterocycles. The first-order valence-corrected chi connectivity index (χ1v) is 2.79. The molecule has 0 aliphatic rings. The molecule has 0 atom stereocenters. The highest BCUT2D eigenvalue weighted by atomic mass is 35.5. The summed E-state index contributed by atoms with van der Waals surface area (Å²) in [5, 5.41) is 19.0. The lowest BCUT2D eigenvalue weighted by Crippen LogP contribution is -1.84. The van der Waals surface area contributed by atoms with Gasteiger partial charge in [-0.15, -0.1) is 5.11 Å². The van der Waals surface area contributed by atoms with Crippen molar-refractivity contribution < 1.29 is 4.92 Å². The molecule has 0 unspecified atom stereocenters. The van der Waals surface area contributed by atoms with Gasteiger partial charge < -0.3 is 0 Å². The zero-order chi connectivity index (χ0) is 8.27. The van der Waals surface area contributed by atoms with E-state index in [-0.39, 0.29) is 11.5 Å². The minimum absolute atomic E-state index is 0.0648. The molecule has 0 aromatic carbocycles. The fourth-order valence-corrected chi connectivity index (χ4v) is 0.594. The molecule has 1 rings (SSSR count). The Kier molecular flexibility index (Phi) is 2.12. The average molecular weight is 176 g/mol. The third-order valence-electron chi connectivity index (χ3n) is 0.934. The van der Waals surface area contributed by atoms with Gasteiger partial charge >= 0.3 is 5.69 Å². The fourth-order valence-electron chi connectivity index (χ4n) is 0.518. The summed E-state index contributed by atoms with van der Waals surface area (Å²) >= 11 is 4.86. The quantitative estimate of drug-likeness (QED) is 0.420. The predicted octanol–water partition coefficient (Wildman–Crippen LogP) is 1.56. The van der Waals surface area contributed by atoms with Crippen LogP contribution in [0, 0.1) is 10.1 Å². The Morgan fingerprint density at radius 3 is 3.09 bits per heavy atom. The van der Waals surface area contributed by atoms with Crippen LogP contribution in [0.4, 0.5) is 11.5 Å². The smallest absolute Gasteiger partial charge is 0.258 e. The third kappa shape index (κ3) is 1.49. The lowest BCUT2D eigenvalue weighted by molar-refractivity contribution is -0.384. The number of nitro groups is 1. The summed E-state index contributed by atoms with van der Waals surface area (Å²) in [5.41, 5.74) is -0.255. The number of rotatable bonds is 2. The summed E-state index contributed by atoms with van der Waals surface area (Å²) in [6.45, 7) is 0. The fraction of sp³-hybridized carbons (Fsp3) is 0. The Hall–Kier alpha value is -1.50. The number of halogens is 1. The van der Waals surface area contributed by atoms with E-state index in [0.717, 1.165) is 6.20 Å². The van der Waals surface area contributed by atoms with E-state index < -0.39 is 4.92 Å². The van der Waals surface area contributed by atoms with Crippen molar-refractivity contribution >= 4 is 23.3 Å². The molecule has 1 heterocycles. The Balaban J connectivity index is 3.05. The largest absolute Gasteiger partial charge is 0.334 e. The SMILES string of the molecule is O=[N+]([O-])c1cn[nH]c1N=NCl. The molecule has 0 spiro atoms. The number of aromatic amines is 1. The second-order valence-corrected chi connectivity index (χ2v) is 1.69. The monoisotopic (exact) mass is 175 g/mol. The molecule has 0 saturated heterocycles. The molecule has 0 aliphatic carbocycles. The number of H-pyrrole nitrogens is 1. The van der Waals surface area contributed by atoms with Crippen LogP contribution in [0.5, 0.6) is 0 Å². The molecule has 1 aromatic rings. The average Bonchev–Trinajstić information content (AvgIpc) is 2.36. The van der Waals surface area contributed by atoms with Crippen molar-refractivity contribution in [2.45, 2.75) is 0 Å². The summed E-state index contributed by atoms with van der Waals surface area (Å²) < 4.78 is 2.84. The van der Waals surface area contributed by atoms with Crippen LogP contribution in [0.25, 0.3) is 0 Å². The Bertz CT molecular complexity index is 294. The Morgan fingerprint density at radius 2 is 2.55 bits per heavy atom.